The van der Waals surface area contributed by atoms with E-state index in [1.54, 1.807) is 5.38 Å². The van der Waals surface area contributed by atoms with Crippen LogP contribution in [-0.4, -0.2) is 27.9 Å². The average Bonchev–Trinajstić information content (AvgIpc) is 3.27. The molecule has 0 aliphatic heterocycles. The molecule has 0 N–H and O–H groups in total. The fraction of sp³-hybridized carbons (Fsp3) is 0.286. The van der Waals surface area contributed by atoms with E-state index in [1.807, 2.05) is 43.7 Å². The van der Waals surface area contributed by atoms with Crippen LogP contribution in [0.15, 0.2) is 35.7 Å². The van der Waals surface area contributed by atoms with Gasteiger partial charge in [-0.3, -0.25) is 4.79 Å². The first kappa shape index (κ1) is 19.0. The van der Waals surface area contributed by atoms with Gasteiger partial charge in [-0.05, 0) is 31.9 Å². The van der Waals surface area contributed by atoms with Crippen LogP contribution in [0.2, 0.25) is 0 Å². The van der Waals surface area contributed by atoms with Crippen LogP contribution in [0.3, 0.4) is 0 Å². The molecular weight excluding hydrogens is 360 g/mol. The molecule has 27 heavy (non-hydrogen) atoms. The summed E-state index contributed by atoms with van der Waals surface area (Å²) in [6.07, 6.45) is 0.976. The van der Waals surface area contributed by atoms with E-state index in [2.05, 4.69) is 24.0 Å². The minimum Gasteiger partial charge on any atom is -0.453 e. The highest BCUT2D eigenvalue weighted by atomic mass is 32.1. The second-order valence-electron chi connectivity index (χ2n) is 6.43. The predicted octanol–water partition coefficient (Wildman–Crippen LogP) is 4.37. The molecule has 0 atom stereocenters. The summed E-state index contributed by atoms with van der Waals surface area (Å²) in [5.41, 5.74) is 4.86. The summed E-state index contributed by atoms with van der Waals surface area (Å²) >= 11 is 1.38. The number of Topliss-reactive ketones (excluding diaryl/α,β-unsaturated/α-hetero) is 1. The third-order valence-electron chi connectivity index (χ3n) is 4.73. The summed E-state index contributed by atoms with van der Waals surface area (Å²) < 4.78 is 7.12. The standard InChI is InChI=1S/C21H22N2O3S/c1-5-15-6-8-16(9-7-15)20-22-18(12-27-20)21(25)26-11-19(24)17-10-13(2)23(4)14(17)3/h6-10,12H,5,11H2,1-4H3. The Kier molecular flexibility index (Phi) is 5.56. The molecule has 0 aliphatic rings. The van der Waals surface area contributed by atoms with E-state index in [0.29, 0.717) is 5.56 Å². The third-order valence-corrected chi connectivity index (χ3v) is 5.62. The minimum atomic E-state index is -0.582. The fourth-order valence-corrected chi connectivity index (χ4v) is 3.60. The number of hydrogen-bond acceptors (Lipinski definition) is 5. The average molecular weight is 382 g/mol. The van der Waals surface area contributed by atoms with Gasteiger partial charge >= 0.3 is 5.97 Å². The highest BCUT2D eigenvalue weighted by Gasteiger charge is 2.18. The Morgan fingerprint density at radius 3 is 2.48 bits per heavy atom. The zero-order chi connectivity index (χ0) is 19.6. The van der Waals surface area contributed by atoms with E-state index in [9.17, 15) is 9.59 Å². The summed E-state index contributed by atoms with van der Waals surface area (Å²) in [7, 11) is 1.90. The molecular formula is C21H22N2O3S. The van der Waals surface area contributed by atoms with Gasteiger partial charge in [-0.1, -0.05) is 31.2 Å². The van der Waals surface area contributed by atoms with Gasteiger partial charge in [0.05, 0.1) is 0 Å². The minimum absolute atomic E-state index is 0.213. The smallest absolute Gasteiger partial charge is 0.358 e. The van der Waals surface area contributed by atoms with Crippen LogP contribution in [0.25, 0.3) is 10.6 Å². The van der Waals surface area contributed by atoms with E-state index >= 15 is 0 Å². The zero-order valence-corrected chi connectivity index (χ0v) is 16.7. The molecule has 2 heterocycles. The van der Waals surface area contributed by atoms with E-state index in [1.165, 1.54) is 16.9 Å². The highest BCUT2D eigenvalue weighted by molar-refractivity contribution is 7.13. The topological polar surface area (TPSA) is 61.2 Å². The Bertz CT molecular complexity index is 984. The maximum atomic E-state index is 12.3. The summed E-state index contributed by atoms with van der Waals surface area (Å²) in [5.74, 6) is -0.795. The van der Waals surface area contributed by atoms with Crippen molar-refractivity contribution in [2.45, 2.75) is 27.2 Å². The number of carbonyl (C=O) groups excluding carboxylic acids is 2. The number of carbonyl (C=O) groups is 2. The lowest BCUT2D eigenvalue weighted by molar-refractivity contribution is 0.0469. The second kappa shape index (κ2) is 7.88. The number of benzene rings is 1. The van der Waals surface area contributed by atoms with Crippen molar-refractivity contribution in [2.24, 2.45) is 7.05 Å². The monoisotopic (exact) mass is 382 g/mol. The van der Waals surface area contributed by atoms with Gasteiger partial charge in [0.2, 0.25) is 5.78 Å². The molecule has 3 aromatic rings. The van der Waals surface area contributed by atoms with Crippen molar-refractivity contribution in [1.29, 1.82) is 0 Å². The van der Waals surface area contributed by atoms with E-state index < -0.39 is 5.97 Å². The molecule has 0 bridgehead atoms. The number of hydrogen-bond donors (Lipinski definition) is 0. The van der Waals surface area contributed by atoms with Gasteiger partial charge in [0.15, 0.2) is 12.3 Å². The van der Waals surface area contributed by atoms with Crippen molar-refractivity contribution >= 4 is 23.1 Å². The van der Waals surface area contributed by atoms with Crippen molar-refractivity contribution in [3.63, 3.8) is 0 Å². The zero-order valence-electron chi connectivity index (χ0n) is 15.9. The van der Waals surface area contributed by atoms with Crippen LogP contribution >= 0.6 is 11.3 Å². The van der Waals surface area contributed by atoms with E-state index in [0.717, 1.165) is 28.4 Å². The quantitative estimate of drug-likeness (QED) is 0.469. The van der Waals surface area contributed by atoms with Gasteiger partial charge in [-0.15, -0.1) is 11.3 Å². The van der Waals surface area contributed by atoms with Crippen molar-refractivity contribution < 1.29 is 14.3 Å². The number of ether oxygens (including phenoxy) is 1. The maximum absolute atomic E-state index is 12.3. The number of aromatic nitrogens is 2. The largest absolute Gasteiger partial charge is 0.453 e. The number of aryl methyl sites for hydroxylation is 2. The van der Waals surface area contributed by atoms with E-state index in [4.69, 9.17) is 4.74 Å². The molecule has 0 spiro atoms. The van der Waals surface area contributed by atoms with Crippen molar-refractivity contribution in [1.82, 2.24) is 9.55 Å². The highest BCUT2D eigenvalue weighted by Crippen LogP contribution is 2.24. The van der Waals surface area contributed by atoms with Gasteiger partial charge in [0.25, 0.3) is 0 Å². The Balaban J connectivity index is 1.65. The Hall–Kier alpha value is -2.73. The SMILES string of the molecule is CCc1ccc(-c2nc(C(=O)OCC(=O)c3cc(C)n(C)c3C)cs2)cc1. The summed E-state index contributed by atoms with van der Waals surface area (Å²) in [6.45, 7) is 5.62. The first-order valence-electron chi connectivity index (χ1n) is 8.78. The molecule has 2 aromatic heterocycles. The molecule has 3 rings (SSSR count). The predicted molar refractivity (Wildman–Crippen MR) is 106 cm³/mol. The molecule has 0 saturated heterocycles. The number of thiazole rings is 1. The van der Waals surface area contributed by atoms with Crippen LogP contribution in [0.1, 0.15) is 44.7 Å². The molecule has 0 unspecified atom stereocenters. The van der Waals surface area contributed by atoms with Crippen LogP contribution < -0.4 is 0 Å². The van der Waals surface area contributed by atoms with Crippen LogP contribution in [-0.2, 0) is 18.2 Å². The Morgan fingerprint density at radius 1 is 1.19 bits per heavy atom. The lowest BCUT2D eigenvalue weighted by Crippen LogP contribution is -2.15. The molecule has 0 saturated carbocycles. The number of esters is 1. The summed E-state index contributed by atoms with van der Waals surface area (Å²) in [5, 5.41) is 2.42. The maximum Gasteiger partial charge on any atom is 0.358 e. The molecule has 0 fully saturated rings. The molecule has 6 heteroatoms. The summed E-state index contributed by atoms with van der Waals surface area (Å²) in [6, 6.07) is 9.91. The Labute approximate surface area is 162 Å². The third kappa shape index (κ3) is 4.01. The fourth-order valence-electron chi connectivity index (χ4n) is 2.80. The summed E-state index contributed by atoms with van der Waals surface area (Å²) in [4.78, 5) is 28.9. The Morgan fingerprint density at radius 2 is 1.89 bits per heavy atom. The molecule has 5 nitrogen and oxygen atoms in total. The van der Waals surface area contributed by atoms with Gasteiger partial charge in [-0.2, -0.15) is 0 Å². The lowest BCUT2D eigenvalue weighted by atomic mass is 10.1. The molecule has 0 radical (unpaired) electrons. The number of ketones is 1. The van der Waals surface area contributed by atoms with Gasteiger partial charge in [0, 0.05) is 34.9 Å². The normalized spacial score (nSPS) is 10.8. The number of nitrogens with zero attached hydrogens (tertiary/aromatic N) is 2. The van der Waals surface area contributed by atoms with Gasteiger partial charge < -0.3 is 9.30 Å². The van der Waals surface area contributed by atoms with Crippen LogP contribution in [0, 0.1) is 13.8 Å². The number of rotatable bonds is 6. The second-order valence-corrected chi connectivity index (χ2v) is 7.29. The van der Waals surface area contributed by atoms with Gasteiger partial charge in [-0.25, -0.2) is 9.78 Å². The van der Waals surface area contributed by atoms with Gasteiger partial charge in [0.1, 0.15) is 5.01 Å². The molecule has 0 amide bonds. The molecule has 0 aliphatic carbocycles. The lowest BCUT2D eigenvalue weighted by Gasteiger charge is -2.03. The van der Waals surface area contributed by atoms with Crippen LogP contribution in [0.5, 0.6) is 0 Å². The molecule has 140 valence electrons. The van der Waals surface area contributed by atoms with Crippen molar-refractivity contribution in [3.8, 4) is 10.6 Å². The van der Waals surface area contributed by atoms with Crippen LogP contribution in [0.4, 0.5) is 0 Å². The van der Waals surface area contributed by atoms with Crippen molar-refractivity contribution in [3.05, 3.63) is 63.9 Å². The van der Waals surface area contributed by atoms with Crippen molar-refractivity contribution in [2.75, 3.05) is 6.61 Å². The van der Waals surface area contributed by atoms with E-state index in [-0.39, 0.29) is 18.1 Å². The first-order chi connectivity index (χ1) is 12.9. The first-order valence-corrected chi connectivity index (χ1v) is 9.66. The molecule has 1 aromatic carbocycles.